The second kappa shape index (κ2) is 6.72. The van der Waals surface area contributed by atoms with Crippen LogP contribution in [-0.4, -0.2) is 16.3 Å². The summed E-state index contributed by atoms with van der Waals surface area (Å²) in [5.74, 6) is 0. The smallest absolute Gasteiger partial charge is 0.0683 e. The number of hydrogen-bond donors (Lipinski definition) is 1. The van der Waals surface area contributed by atoms with Gasteiger partial charge in [0.05, 0.1) is 17.2 Å². The minimum Gasteiger partial charge on any atom is -0.313 e. The Kier molecular flexibility index (Phi) is 5.56. The summed E-state index contributed by atoms with van der Waals surface area (Å²) in [5, 5.41) is 16.8. The summed E-state index contributed by atoms with van der Waals surface area (Å²) in [6.45, 7) is 10.0. The molecule has 4 nitrogen and oxygen atoms in total. The molecule has 0 bridgehead atoms. The molecule has 0 aromatic carbocycles. The van der Waals surface area contributed by atoms with E-state index in [0.717, 1.165) is 38.0 Å². The summed E-state index contributed by atoms with van der Waals surface area (Å²) in [7, 11) is 1.98. The fourth-order valence-electron chi connectivity index (χ4n) is 2.16. The van der Waals surface area contributed by atoms with Crippen molar-refractivity contribution < 1.29 is 0 Å². The molecule has 0 aliphatic carbocycles. The third-order valence-electron chi connectivity index (χ3n) is 3.67. The zero-order chi connectivity index (χ0) is 14.5. The van der Waals surface area contributed by atoms with Crippen LogP contribution in [0, 0.1) is 30.6 Å². The minimum absolute atomic E-state index is 0.184. The van der Waals surface area contributed by atoms with E-state index in [9.17, 15) is 0 Å². The molecule has 4 heteroatoms. The third kappa shape index (κ3) is 4.68. The standard InChI is InChI=1S/C15H26N4/c1-12-14(13(2)19(5)18-12)10-17-9-7-6-8-15(3,4)11-16/h17H,6-10H2,1-5H3. The number of aryl methyl sites for hydroxylation is 2. The van der Waals surface area contributed by atoms with Gasteiger partial charge in [0, 0.05) is 24.8 Å². The third-order valence-corrected chi connectivity index (χ3v) is 3.67. The summed E-state index contributed by atoms with van der Waals surface area (Å²) in [6.07, 6.45) is 3.18. The molecule has 0 amide bonds. The molecule has 1 rings (SSSR count). The number of rotatable bonds is 7. The molecule has 0 spiro atoms. The monoisotopic (exact) mass is 262 g/mol. The second-order valence-electron chi connectivity index (χ2n) is 5.90. The van der Waals surface area contributed by atoms with Crippen molar-refractivity contribution in [3.8, 4) is 6.07 Å². The van der Waals surface area contributed by atoms with Gasteiger partial charge in [-0.05, 0) is 47.1 Å². The first-order chi connectivity index (χ1) is 8.87. The number of nitriles is 1. The fourth-order valence-corrected chi connectivity index (χ4v) is 2.16. The molecule has 0 unspecified atom stereocenters. The van der Waals surface area contributed by atoms with Crippen LogP contribution in [0.5, 0.6) is 0 Å². The zero-order valence-electron chi connectivity index (χ0n) is 12.9. The predicted octanol–water partition coefficient (Wildman–Crippen LogP) is 2.85. The highest BCUT2D eigenvalue weighted by Crippen LogP contribution is 2.21. The van der Waals surface area contributed by atoms with Gasteiger partial charge in [-0.2, -0.15) is 10.4 Å². The van der Waals surface area contributed by atoms with Crippen LogP contribution in [0.4, 0.5) is 0 Å². The van der Waals surface area contributed by atoms with Crippen LogP contribution >= 0.6 is 0 Å². The van der Waals surface area contributed by atoms with Gasteiger partial charge in [0.1, 0.15) is 0 Å². The number of nitrogens with zero attached hydrogens (tertiary/aromatic N) is 3. The van der Waals surface area contributed by atoms with E-state index in [2.05, 4.69) is 30.3 Å². The molecule has 0 saturated heterocycles. The van der Waals surface area contributed by atoms with E-state index in [1.807, 2.05) is 25.6 Å². The van der Waals surface area contributed by atoms with Crippen LogP contribution in [0.3, 0.4) is 0 Å². The molecule has 1 aromatic rings. The molecule has 0 saturated carbocycles. The summed E-state index contributed by atoms with van der Waals surface area (Å²) in [4.78, 5) is 0. The lowest BCUT2D eigenvalue weighted by molar-refractivity contribution is 0.422. The molecule has 19 heavy (non-hydrogen) atoms. The Hall–Kier alpha value is -1.34. The molecule has 1 heterocycles. The van der Waals surface area contributed by atoms with E-state index in [-0.39, 0.29) is 5.41 Å². The van der Waals surface area contributed by atoms with Crippen molar-refractivity contribution in [2.75, 3.05) is 6.54 Å². The van der Waals surface area contributed by atoms with Crippen LogP contribution in [0.2, 0.25) is 0 Å². The van der Waals surface area contributed by atoms with Gasteiger partial charge in [-0.1, -0.05) is 6.42 Å². The van der Waals surface area contributed by atoms with Gasteiger partial charge in [-0.15, -0.1) is 0 Å². The van der Waals surface area contributed by atoms with E-state index in [1.165, 1.54) is 11.3 Å². The Bertz CT molecular complexity index is 451. The molecular formula is C15H26N4. The first kappa shape index (κ1) is 15.7. The topological polar surface area (TPSA) is 53.6 Å². The van der Waals surface area contributed by atoms with E-state index in [4.69, 9.17) is 5.26 Å². The van der Waals surface area contributed by atoms with E-state index < -0.39 is 0 Å². The van der Waals surface area contributed by atoms with Gasteiger partial charge in [-0.25, -0.2) is 0 Å². The van der Waals surface area contributed by atoms with Gasteiger partial charge in [0.25, 0.3) is 0 Å². The lowest BCUT2D eigenvalue weighted by Gasteiger charge is -2.14. The molecule has 1 aromatic heterocycles. The lowest BCUT2D eigenvalue weighted by atomic mass is 9.89. The normalized spacial score (nSPS) is 11.6. The van der Waals surface area contributed by atoms with Crippen molar-refractivity contribution in [2.24, 2.45) is 12.5 Å². The molecule has 0 radical (unpaired) electrons. The number of unbranched alkanes of at least 4 members (excludes halogenated alkanes) is 1. The van der Waals surface area contributed by atoms with Gasteiger partial charge in [0.15, 0.2) is 0 Å². The highest BCUT2D eigenvalue weighted by molar-refractivity contribution is 5.23. The van der Waals surface area contributed by atoms with Crippen molar-refractivity contribution in [3.63, 3.8) is 0 Å². The van der Waals surface area contributed by atoms with Crippen LogP contribution < -0.4 is 5.32 Å². The highest BCUT2D eigenvalue weighted by Gasteiger charge is 2.15. The van der Waals surface area contributed by atoms with Crippen LogP contribution in [0.25, 0.3) is 0 Å². The van der Waals surface area contributed by atoms with Gasteiger partial charge in [0.2, 0.25) is 0 Å². The maximum atomic E-state index is 8.93. The Morgan fingerprint density at radius 3 is 2.53 bits per heavy atom. The molecule has 0 aliphatic heterocycles. The van der Waals surface area contributed by atoms with Crippen molar-refractivity contribution in [3.05, 3.63) is 17.0 Å². The molecular weight excluding hydrogens is 236 g/mol. The van der Waals surface area contributed by atoms with Crippen molar-refractivity contribution in [1.29, 1.82) is 5.26 Å². The SMILES string of the molecule is Cc1nn(C)c(C)c1CNCCCCC(C)(C)C#N. The Labute approximate surface area is 116 Å². The van der Waals surface area contributed by atoms with Gasteiger partial charge >= 0.3 is 0 Å². The maximum absolute atomic E-state index is 8.93. The van der Waals surface area contributed by atoms with E-state index >= 15 is 0 Å². The summed E-state index contributed by atoms with van der Waals surface area (Å²) < 4.78 is 1.93. The molecule has 1 N–H and O–H groups in total. The van der Waals surface area contributed by atoms with Crippen LogP contribution in [-0.2, 0) is 13.6 Å². The number of aromatic nitrogens is 2. The van der Waals surface area contributed by atoms with Crippen LogP contribution in [0.1, 0.15) is 50.1 Å². The van der Waals surface area contributed by atoms with E-state index in [1.54, 1.807) is 0 Å². The van der Waals surface area contributed by atoms with Gasteiger partial charge < -0.3 is 5.32 Å². The summed E-state index contributed by atoms with van der Waals surface area (Å²) >= 11 is 0. The highest BCUT2D eigenvalue weighted by atomic mass is 15.3. The number of nitrogens with one attached hydrogen (secondary N) is 1. The Balaban J connectivity index is 2.23. The first-order valence-electron chi connectivity index (χ1n) is 6.98. The Morgan fingerprint density at radius 2 is 2.00 bits per heavy atom. The van der Waals surface area contributed by atoms with Crippen molar-refractivity contribution in [2.45, 2.75) is 53.5 Å². The minimum atomic E-state index is -0.184. The molecule has 0 atom stereocenters. The second-order valence-corrected chi connectivity index (χ2v) is 5.90. The quantitative estimate of drug-likeness (QED) is 0.769. The van der Waals surface area contributed by atoms with Gasteiger partial charge in [-0.3, -0.25) is 4.68 Å². The van der Waals surface area contributed by atoms with Crippen molar-refractivity contribution in [1.82, 2.24) is 15.1 Å². The molecule has 106 valence electrons. The fraction of sp³-hybridized carbons (Fsp3) is 0.733. The Morgan fingerprint density at radius 1 is 1.32 bits per heavy atom. The average Bonchev–Trinajstić information content (AvgIpc) is 2.59. The molecule has 0 fully saturated rings. The summed E-state index contributed by atoms with van der Waals surface area (Å²) in [6, 6.07) is 2.34. The lowest BCUT2D eigenvalue weighted by Crippen LogP contribution is -2.16. The van der Waals surface area contributed by atoms with Crippen LogP contribution in [0.15, 0.2) is 0 Å². The zero-order valence-corrected chi connectivity index (χ0v) is 12.9. The first-order valence-corrected chi connectivity index (χ1v) is 6.98. The predicted molar refractivity (Wildman–Crippen MR) is 77.6 cm³/mol. The number of hydrogen-bond acceptors (Lipinski definition) is 3. The average molecular weight is 262 g/mol. The summed E-state index contributed by atoms with van der Waals surface area (Å²) in [5.41, 5.74) is 3.46. The maximum Gasteiger partial charge on any atom is 0.0683 e. The molecule has 0 aliphatic rings. The van der Waals surface area contributed by atoms with E-state index in [0.29, 0.717) is 0 Å². The van der Waals surface area contributed by atoms with Crippen molar-refractivity contribution >= 4 is 0 Å². The largest absolute Gasteiger partial charge is 0.313 e.